The molecule has 0 N–H and O–H groups in total. The zero-order valence-electron chi connectivity index (χ0n) is 10.0. The number of nitrogens with zero attached hydrogens (tertiary/aromatic N) is 3. The summed E-state index contributed by atoms with van der Waals surface area (Å²) < 4.78 is 1.81. The van der Waals surface area contributed by atoms with Gasteiger partial charge in [-0.25, -0.2) is 4.68 Å². The van der Waals surface area contributed by atoms with Crippen LogP contribution in [-0.4, -0.2) is 15.8 Å². The third kappa shape index (κ3) is 2.96. The lowest BCUT2D eigenvalue weighted by atomic mass is 10.2. The van der Waals surface area contributed by atoms with E-state index in [1.165, 1.54) is 0 Å². The van der Waals surface area contributed by atoms with Gasteiger partial charge in [-0.05, 0) is 26.0 Å². The predicted molar refractivity (Wildman–Crippen MR) is 72.2 cm³/mol. The van der Waals surface area contributed by atoms with Crippen molar-refractivity contribution in [3.05, 3.63) is 34.1 Å². The molecular weight excluding hydrogens is 254 g/mol. The molecule has 2 rings (SSSR count). The van der Waals surface area contributed by atoms with Crippen molar-refractivity contribution < 1.29 is 0 Å². The SMILES string of the molecule is CC(C)/N=c1/sc(-c2ccc(Cl)cc2)nn1C. The van der Waals surface area contributed by atoms with Crippen LogP contribution >= 0.6 is 22.9 Å². The number of rotatable bonds is 2. The number of benzene rings is 1. The standard InChI is InChI=1S/C12H14ClN3S/c1-8(2)14-12-16(3)15-11(17-12)9-4-6-10(13)7-5-9/h4-8H,1-3H3/b14-12+. The Morgan fingerprint density at radius 3 is 2.53 bits per heavy atom. The van der Waals surface area contributed by atoms with Gasteiger partial charge in [0.15, 0.2) is 0 Å². The largest absolute Gasteiger partial charge is 0.255 e. The molecule has 0 amide bonds. The van der Waals surface area contributed by atoms with Crippen LogP contribution < -0.4 is 4.80 Å². The Balaban J connectivity index is 2.44. The van der Waals surface area contributed by atoms with E-state index >= 15 is 0 Å². The smallest absolute Gasteiger partial charge is 0.203 e. The number of hydrogen-bond donors (Lipinski definition) is 0. The molecular formula is C12H14ClN3S. The third-order valence-electron chi connectivity index (χ3n) is 2.17. The summed E-state index contributed by atoms with van der Waals surface area (Å²) >= 11 is 7.45. The first kappa shape index (κ1) is 12.3. The molecule has 0 atom stereocenters. The van der Waals surface area contributed by atoms with E-state index in [2.05, 4.69) is 23.9 Å². The van der Waals surface area contributed by atoms with Gasteiger partial charge in [0.25, 0.3) is 0 Å². The molecule has 90 valence electrons. The van der Waals surface area contributed by atoms with Gasteiger partial charge in [-0.3, -0.25) is 4.99 Å². The fourth-order valence-corrected chi connectivity index (χ4v) is 2.54. The first-order valence-corrected chi connectivity index (χ1v) is 6.59. The van der Waals surface area contributed by atoms with Crippen LogP contribution in [0.1, 0.15) is 13.8 Å². The van der Waals surface area contributed by atoms with Crippen LogP contribution in [0.5, 0.6) is 0 Å². The van der Waals surface area contributed by atoms with Crippen LogP contribution in [0.15, 0.2) is 29.3 Å². The molecule has 3 nitrogen and oxygen atoms in total. The Bertz CT molecular complexity index is 566. The van der Waals surface area contributed by atoms with Gasteiger partial charge < -0.3 is 0 Å². The molecule has 5 heteroatoms. The van der Waals surface area contributed by atoms with Crippen LogP contribution in [0.2, 0.25) is 5.02 Å². The normalized spacial score (nSPS) is 12.4. The van der Waals surface area contributed by atoms with Gasteiger partial charge in [-0.2, -0.15) is 5.10 Å². The number of halogens is 1. The summed E-state index contributed by atoms with van der Waals surface area (Å²) in [6, 6.07) is 7.97. The van der Waals surface area contributed by atoms with E-state index in [0.717, 1.165) is 20.4 Å². The minimum Gasteiger partial charge on any atom is -0.255 e. The van der Waals surface area contributed by atoms with Gasteiger partial charge in [0.1, 0.15) is 5.01 Å². The highest BCUT2D eigenvalue weighted by Gasteiger charge is 2.05. The number of hydrogen-bond acceptors (Lipinski definition) is 3. The van der Waals surface area contributed by atoms with E-state index in [0.29, 0.717) is 0 Å². The van der Waals surface area contributed by atoms with Crippen molar-refractivity contribution in [1.82, 2.24) is 9.78 Å². The van der Waals surface area contributed by atoms with Crippen molar-refractivity contribution in [3.8, 4) is 10.6 Å². The van der Waals surface area contributed by atoms with E-state index in [4.69, 9.17) is 11.6 Å². The molecule has 0 aliphatic rings. The van der Waals surface area contributed by atoms with Crippen LogP contribution in [-0.2, 0) is 7.05 Å². The maximum Gasteiger partial charge on any atom is 0.203 e. The lowest BCUT2D eigenvalue weighted by Gasteiger charge is -1.94. The van der Waals surface area contributed by atoms with E-state index < -0.39 is 0 Å². The molecule has 0 unspecified atom stereocenters. The zero-order valence-corrected chi connectivity index (χ0v) is 11.6. The Kier molecular flexibility index (Phi) is 3.64. The summed E-state index contributed by atoms with van der Waals surface area (Å²) in [5.74, 6) is 0. The molecule has 0 bridgehead atoms. The van der Waals surface area contributed by atoms with E-state index in [-0.39, 0.29) is 6.04 Å². The summed E-state index contributed by atoms with van der Waals surface area (Å²) in [5, 5.41) is 6.16. The fraction of sp³-hybridized carbons (Fsp3) is 0.333. The number of aryl methyl sites for hydroxylation is 1. The van der Waals surface area contributed by atoms with Crippen LogP contribution in [0.4, 0.5) is 0 Å². The van der Waals surface area contributed by atoms with E-state index in [9.17, 15) is 0 Å². The third-order valence-corrected chi connectivity index (χ3v) is 3.48. The first-order chi connectivity index (χ1) is 8.06. The molecule has 0 saturated carbocycles. The quantitative estimate of drug-likeness (QED) is 0.822. The molecule has 0 aliphatic heterocycles. The van der Waals surface area contributed by atoms with Crippen molar-refractivity contribution in [2.24, 2.45) is 12.0 Å². The highest BCUT2D eigenvalue weighted by molar-refractivity contribution is 7.12. The second kappa shape index (κ2) is 5.02. The minimum atomic E-state index is 0.278. The van der Waals surface area contributed by atoms with Gasteiger partial charge in [-0.1, -0.05) is 35.1 Å². The average Bonchev–Trinajstić information content (AvgIpc) is 2.60. The molecule has 0 saturated heterocycles. The van der Waals surface area contributed by atoms with Gasteiger partial charge in [0, 0.05) is 23.7 Å². The molecule has 0 radical (unpaired) electrons. The molecule has 17 heavy (non-hydrogen) atoms. The van der Waals surface area contributed by atoms with Gasteiger partial charge >= 0.3 is 0 Å². The fourth-order valence-electron chi connectivity index (χ4n) is 1.39. The molecule has 0 aliphatic carbocycles. The van der Waals surface area contributed by atoms with Crippen LogP contribution in [0, 0.1) is 0 Å². The van der Waals surface area contributed by atoms with Gasteiger partial charge in [0.05, 0.1) is 0 Å². The topological polar surface area (TPSA) is 30.2 Å². The zero-order chi connectivity index (χ0) is 12.4. The lowest BCUT2D eigenvalue weighted by Crippen LogP contribution is -2.14. The maximum atomic E-state index is 5.86. The Morgan fingerprint density at radius 2 is 1.94 bits per heavy atom. The molecule has 0 fully saturated rings. The molecule has 1 heterocycles. The van der Waals surface area contributed by atoms with Gasteiger partial charge in [0.2, 0.25) is 4.80 Å². The van der Waals surface area contributed by atoms with Gasteiger partial charge in [-0.15, -0.1) is 0 Å². The summed E-state index contributed by atoms with van der Waals surface area (Å²) in [7, 11) is 1.91. The molecule has 1 aromatic heterocycles. The van der Waals surface area contributed by atoms with E-state index in [1.807, 2.05) is 36.0 Å². The summed E-state index contributed by atoms with van der Waals surface area (Å²) in [5.41, 5.74) is 1.07. The molecule has 1 aromatic carbocycles. The highest BCUT2D eigenvalue weighted by atomic mass is 35.5. The summed E-state index contributed by atoms with van der Waals surface area (Å²) in [4.78, 5) is 5.45. The second-order valence-corrected chi connectivity index (χ2v) is 5.44. The molecule has 0 spiro atoms. The van der Waals surface area contributed by atoms with E-state index in [1.54, 1.807) is 11.3 Å². The lowest BCUT2D eigenvalue weighted by molar-refractivity contribution is 0.693. The highest BCUT2D eigenvalue weighted by Crippen LogP contribution is 2.21. The Labute approximate surface area is 109 Å². The second-order valence-electron chi connectivity index (χ2n) is 4.04. The average molecular weight is 268 g/mol. The Morgan fingerprint density at radius 1 is 1.29 bits per heavy atom. The van der Waals surface area contributed by atoms with Crippen molar-refractivity contribution in [3.63, 3.8) is 0 Å². The van der Waals surface area contributed by atoms with Crippen molar-refractivity contribution in [1.29, 1.82) is 0 Å². The van der Waals surface area contributed by atoms with Crippen LogP contribution in [0.25, 0.3) is 10.6 Å². The van der Waals surface area contributed by atoms with Crippen molar-refractivity contribution in [2.45, 2.75) is 19.9 Å². The maximum absolute atomic E-state index is 5.86. The minimum absolute atomic E-state index is 0.278. The van der Waals surface area contributed by atoms with Crippen molar-refractivity contribution in [2.75, 3.05) is 0 Å². The monoisotopic (exact) mass is 267 g/mol. The Hall–Kier alpha value is -1.13. The van der Waals surface area contributed by atoms with Crippen LogP contribution in [0.3, 0.4) is 0 Å². The first-order valence-electron chi connectivity index (χ1n) is 5.40. The number of aromatic nitrogens is 2. The summed E-state index contributed by atoms with van der Waals surface area (Å²) in [6.45, 7) is 4.11. The summed E-state index contributed by atoms with van der Waals surface area (Å²) in [6.07, 6.45) is 0. The van der Waals surface area contributed by atoms with Crippen molar-refractivity contribution >= 4 is 22.9 Å². The predicted octanol–water partition coefficient (Wildman–Crippen LogP) is 3.11. The molecule has 2 aromatic rings.